The molecule has 0 radical (unpaired) electrons. The molecular weight excluding hydrogens is 246 g/mol. The van der Waals surface area contributed by atoms with E-state index < -0.39 is 0 Å². The lowest BCUT2D eigenvalue weighted by molar-refractivity contribution is -0.132. The van der Waals surface area contributed by atoms with E-state index in [1.165, 1.54) is 0 Å². The van der Waals surface area contributed by atoms with Gasteiger partial charge < -0.3 is 10.2 Å². The highest BCUT2D eigenvalue weighted by atomic mass is 16.2. The number of hydrogen-bond donors (Lipinski definition) is 1. The van der Waals surface area contributed by atoms with Crippen LogP contribution in [0.3, 0.4) is 0 Å². The van der Waals surface area contributed by atoms with Crippen LogP contribution in [0.15, 0.2) is 0 Å². The van der Waals surface area contributed by atoms with Gasteiger partial charge in [0.25, 0.3) is 5.91 Å². The van der Waals surface area contributed by atoms with E-state index in [0.29, 0.717) is 6.54 Å². The third-order valence-corrected chi connectivity index (χ3v) is 3.93. The number of imide groups is 1. The summed E-state index contributed by atoms with van der Waals surface area (Å²) < 4.78 is 0. The molecule has 19 heavy (non-hydrogen) atoms. The average molecular weight is 267 g/mol. The molecule has 1 N–H and O–H groups in total. The Balaban J connectivity index is 1.94. The molecular formula is C13H21N3O3. The lowest BCUT2D eigenvalue weighted by Crippen LogP contribution is -2.44. The van der Waals surface area contributed by atoms with Crippen LogP contribution in [0.25, 0.3) is 0 Å². The normalized spacial score (nSPS) is 22.4. The number of rotatable bonds is 5. The zero-order chi connectivity index (χ0) is 14.0. The third-order valence-electron chi connectivity index (χ3n) is 3.93. The van der Waals surface area contributed by atoms with Crippen molar-refractivity contribution in [3.63, 3.8) is 0 Å². The maximum atomic E-state index is 12.0. The van der Waals surface area contributed by atoms with Crippen LogP contribution in [-0.4, -0.2) is 52.8 Å². The summed E-state index contributed by atoms with van der Waals surface area (Å²) in [5, 5.41) is 2.85. The van der Waals surface area contributed by atoms with Gasteiger partial charge in [-0.2, -0.15) is 0 Å². The molecule has 0 aromatic carbocycles. The summed E-state index contributed by atoms with van der Waals surface area (Å²) in [6.45, 7) is 4.47. The van der Waals surface area contributed by atoms with E-state index in [1.807, 2.05) is 13.8 Å². The van der Waals surface area contributed by atoms with Crippen LogP contribution in [0.5, 0.6) is 0 Å². The molecule has 1 atom stereocenters. The number of nitrogens with one attached hydrogen (secondary N) is 1. The van der Waals surface area contributed by atoms with Crippen molar-refractivity contribution >= 4 is 17.8 Å². The zero-order valence-electron chi connectivity index (χ0n) is 11.5. The lowest BCUT2D eigenvalue weighted by atomic mass is 10.2. The third kappa shape index (κ3) is 2.57. The predicted molar refractivity (Wildman–Crippen MR) is 69.3 cm³/mol. The lowest BCUT2D eigenvalue weighted by Gasteiger charge is -2.18. The van der Waals surface area contributed by atoms with Gasteiger partial charge in [-0.05, 0) is 25.7 Å². The molecule has 106 valence electrons. The standard InChI is InChI=1S/C13H21N3O3/c1-3-9(4-2)14-11(17)8-16-12(18)10-6-5-7-15(10)13(16)19/h9-10H,3-8H2,1-2H3,(H,14,17). The number of carbonyl (C=O) groups excluding carboxylic acids is 3. The fraction of sp³-hybridized carbons (Fsp3) is 0.769. The molecule has 6 nitrogen and oxygen atoms in total. The Kier molecular flexibility index (Phi) is 4.07. The maximum absolute atomic E-state index is 12.0. The second-order valence-corrected chi connectivity index (χ2v) is 5.14. The monoisotopic (exact) mass is 267 g/mol. The summed E-state index contributed by atoms with van der Waals surface area (Å²) in [5.41, 5.74) is 0. The van der Waals surface area contributed by atoms with Gasteiger partial charge >= 0.3 is 6.03 Å². The Morgan fingerprint density at radius 1 is 1.37 bits per heavy atom. The number of fused-ring (bicyclic) bond motifs is 1. The summed E-state index contributed by atoms with van der Waals surface area (Å²) in [6, 6.07) is -0.527. The van der Waals surface area contributed by atoms with Gasteiger partial charge in [0, 0.05) is 12.6 Å². The van der Waals surface area contributed by atoms with Gasteiger partial charge in [0.15, 0.2) is 0 Å². The van der Waals surface area contributed by atoms with Crippen LogP contribution in [0.1, 0.15) is 39.5 Å². The molecule has 0 spiro atoms. The number of carbonyl (C=O) groups is 3. The van der Waals surface area contributed by atoms with E-state index >= 15 is 0 Å². The van der Waals surface area contributed by atoms with E-state index in [-0.39, 0.29) is 36.5 Å². The number of amides is 4. The van der Waals surface area contributed by atoms with Crippen molar-refractivity contribution in [3.05, 3.63) is 0 Å². The van der Waals surface area contributed by atoms with Crippen LogP contribution in [0.2, 0.25) is 0 Å². The highest BCUT2D eigenvalue weighted by molar-refractivity contribution is 6.06. The molecule has 0 aromatic rings. The highest BCUT2D eigenvalue weighted by Crippen LogP contribution is 2.26. The number of hydrogen-bond acceptors (Lipinski definition) is 3. The molecule has 2 rings (SSSR count). The topological polar surface area (TPSA) is 69.7 Å². The van der Waals surface area contributed by atoms with Crippen molar-refractivity contribution < 1.29 is 14.4 Å². The Morgan fingerprint density at radius 2 is 2.05 bits per heavy atom. The van der Waals surface area contributed by atoms with Gasteiger partial charge in [-0.3, -0.25) is 14.5 Å². The van der Waals surface area contributed by atoms with E-state index in [4.69, 9.17) is 0 Å². The fourth-order valence-corrected chi connectivity index (χ4v) is 2.74. The zero-order valence-corrected chi connectivity index (χ0v) is 11.5. The van der Waals surface area contributed by atoms with Crippen molar-refractivity contribution in [3.8, 4) is 0 Å². The van der Waals surface area contributed by atoms with E-state index in [0.717, 1.165) is 30.6 Å². The number of urea groups is 1. The van der Waals surface area contributed by atoms with Crippen molar-refractivity contribution in [1.29, 1.82) is 0 Å². The van der Waals surface area contributed by atoms with Crippen molar-refractivity contribution in [2.45, 2.75) is 51.6 Å². The molecule has 4 amide bonds. The molecule has 2 fully saturated rings. The van der Waals surface area contributed by atoms with Gasteiger partial charge in [0.1, 0.15) is 12.6 Å². The number of nitrogens with zero attached hydrogens (tertiary/aromatic N) is 2. The van der Waals surface area contributed by atoms with Gasteiger partial charge in [-0.1, -0.05) is 13.8 Å². The van der Waals surface area contributed by atoms with Crippen LogP contribution in [-0.2, 0) is 9.59 Å². The first-order valence-electron chi connectivity index (χ1n) is 6.99. The van der Waals surface area contributed by atoms with E-state index in [2.05, 4.69) is 5.32 Å². The molecule has 0 bridgehead atoms. The van der Waals surface area contributed by atoms with Crippen LogP contribution in [0.4, 0.5) is 4.79 Å². The molecule has 1 unspecified atom stereocenters. The van der Waals surface area contributed by atoms with Crippen molar-refractivity contribution in [2.75, 3.05) is 13.1 Å². The van der Waals surface area contributed by atoms with Gasteiger partial charge in [0.2, 0.25) is 5.91 Å². The summed E-state index contributed by atoms with van der Waals surface area (Å²) in [4.78, 5) is 38.6. The minimum Gasteiger partial charge on any atom is -0.352 e. The Labute approximate surface area is 113 Å². The highest BCUT2D eigenvalue weighted by Gasteiger charge is 2.47. The SMILES string of the molecule is CCC(CC)NC(=O)CN1C(=O)C2CCCN2C1=O. The summed E-state index contributed by atoms with van der Waals surface area (Å²) >= 11 is 0. The molecule has 0 aromatic heterocycles. The van der Waals surface area contributed by atoms with Crippen molar-refractivity contribution in [1.82, 2.24) is 15.1 Å². The second-order valence-electron chi connectivity index (χ2n) is 5.14. The minimum absolute atomic E-state index is 0.111. The minimum atomic E-state index is -0.326. The first-order chi connectivity index (χ1) is 9.08. The maximum Gasteiger partial charge on any atom is 0.327 e. The molecule has 2 aliphatic rings. The first kappa shape index (κ1) is 13.8. The Hall–Kier alpha value is -1.59. The van der Waals surface area contributed by atoms with Gasteiger partial charge in [-0.25, -0.2) is 4.79 Å². The first-order valence-corrected chi connectivity index (χ1v) is 6.99. The molecule has 2 saturated heterocycles. The summed E-state index contributed by atoms with van der Waals surface area (Å²) in [5.74, 6) is -0.473. The smallest absolute Gasteiger partial charge is 0.327 e. The fourth-order valence-electron chi connectivity index (χ4n) is 2.74. The molecule has 0 saturated carbocycles. The summed E-state index contributed by atoms with van der Waals surface area (Å²) in [7, 11) is 0. The van der Waals surface area contributed by atoms with Gasteiger partial charge in [0.05, 0.1) is 0 Å². The summed E-state index contributed by atoms with van der Waals surface area (Å²) in [6.07, 6.45) is 3.28. The Morgan fingerprint density at radius 3 is 2.63 bits per heavy atom. The Bertz CT molecular complexity index is 371. The molecule has 2 heterocycles. The van der Waals surface area contributed by atoms with Crippen LogP contribution in [0, 0.1) is 0 Å². The quantitative estimate of drug-likeness (QED) is 0.746. The molecule has 6 heteroatoms. The second kappa shape index (κ2) is 5.59. The largest absolute Gasteiger partial charge is 0.352 e. The van der Waals surface area contributed by atoms with Crippen molar-refractivity contribution in [2.24, 2.45) is 0 Å². The molecule has 0 aliphatic carbocycles. The molecule has 2 aliphatic heterocycles. The average Bonchev–Trinajstić information content (AvgIpc) is 2.96. The predicted octanol–water partition coefficient (Wildman–Crippen LogP) is 0.718. The van der Waals surface area contributed by atoms with E-state index in [1.54, 1.807) is 4.90 Å². The van der Waals surface area contributed by atoms with Gasteiger partial charge in [-0.15, -0.1) is 0 Å². The van der Waals surface area contributed by atoms with Crippen LogP contribution >= 0.6 is 0 Å². The van der Waals surface area contributed by atoms with Crippen LogP contribution < -0.4 is 5.32 Å². The van der Waals surface area contributed by atoms with E-state index in [9.17, 15) is 14.4 Å².